The Balaban J connectivity index is 1.86. The van der Waals surface area contributed by atoms with Crippen LogP contribution in [0.4, 0.5) is 8.78 Å². The first-order valence-electron chi connectivity index (χ1n) is 7.13. The number of halogens is 2. The van der Waals surface area contributed by atoms with E-state index in [0.29, 0.717) is 0 Å². The molecule has 1 fully saturated rings. The molecule has 21 heavy (non-hydrogen) atoms. The van der Waals surface area contributed by atoms with E-state index in [1.165, 1.54) is 0 Å². The van der Waals surface area contributed by atoms with Crippen LogP contribution in [0.15, 0.2) is 36.8 Å². The van der Waals surface area contributed by atoms with E-state index in [2.05, 4.69) is 4.98 Å². The standard InChI is InChI=1S/C16H16F2N2O/c17-7-16(8-18)5-13(21)14(16)15-11-4-2-1-3-10(11)12-6-19-9-20(12)15/h1-4,6,9,13-15,21H,5,7-8H2/t13-,14-,15?/m0/s1. The van der Waals surface area contributed by atoms with Crippen molar-refractivity contribution in [2.24, 2.45) is 11.3 Å². The van der Waals surface area contributed by atoms with E-state index < -0.39 is 30.8 Å². The van der Waals surface area contributed by atoms with Crippen LogP contribution in [0.25, 0.3) is 11.3 Å². The first kappa shape index (κ1) is 13.0. The molecule has 0 radical (unpaired) electrons. The normalized spacial score (nSPS) is 28.8. The predicted molar refractivity (Wildman–Crippen MR) is 74.3 cm³/mol. The van der Waals surface area contributed by atoms with Gasteiger partial charge in [0.2, 0.25) is 0 Å². The summed E-state index contributed by atoms with van der Waals surface area (Å²) in [6.45, 7) is -1.48. The lowest BCUT2D eigenvalue weighted by molar-refractivity contribution is -0.143. The molecular weight excluding hydrogens is 274 g/mol. The summed E-state index contributed by atoms with van der Waals surface area (Å²) in [6, 6.07) is 7.57. The average molecular weight is 290 g/mol. The molecule has 1 aliphatic carbocycles. The Bertz CT molecular complexity index is 680. The third-order valence-electron chi connectivity index (χ3n) is 5.13. The van der Waals surface area contributed by atoms with Gasteiger partial charge in [-0.15, -0.1) is 0 Å². The van der Waals surface area contributed by atoms with Crippen molar-refractivity contribution in [2.75, 3.05) is 13.3 Å². The monoisotopic (exact) mass is 290 g/mol. The SMILES string of the molecule is O[C@H]1CC(CF)(CF)[C@@H]1C1c2ccccc2-c2cncn21. The highest BCUT2D eigenvalue weighted by Gasteiger charge is 2.59. The third-order valence-corrected chi connectivity index (χ3v) is 5.13. The number of nitrogens with zero attached hydrogens (tertiary/aromatic N) is 2. The van der Waals surface area contributed by atoms with E-state index >= 15 is 0 Å². The highest BCUT2D eigenvalue weighted by Crippen LogP contribution is 2.57. The van der Waals surface area contributed by atoms with E-state index in [4.69, 9.17) is 0 Å². The zero-order chi connectivity index (χ0) is 14.6. The van der Waals surface area contributed by atoms with E-state index in [1.54, 1.807) is 12.5 Å². The topological polar surface area (TPSA) is 38.1 Å². The van der Waals surface area contributed by atoms with Crippen molar-refractivity contribution in [3.8, 4) is 11.3 Å². The second-order valence-corrected chi connectivity index (χ2v) is 6.15. The number of aromatic nitrogens is 2. The van der Waals surface area contributed by atoms with Gasteiger partial charge in [0.05, 0.1) is 43.7 Å². The molecule has 1 saturated carbocycles. The maximum Gasteiger partial charge on any atom is 0.0981 e. The molecule has 0 amide bonds. The molecule has 1 aromatic carbocycles. The number of hydrogen-bond donors (Lipinski definition) is 1. The number of benzene rings is 1. The third kappa shape index (κ3) is 1.52. The number of alkyl halides is 2. The van der Waals surface area contributed by atoms with Crippen LogP contribution in [0.1, 0.15) is 18.0 Å². The molecule has 3 atom stereocenters. The molecule has 0 bridgehead atoms. The predicted octanol–water partition coefficient (Wildman–Crippen LogP) is 2.76. The number of aliphatic hydroxyl groups excluding tert-OH is 1. The Labute approximate surface area is 121 Å². The Kier molecular flexibility index (Phi) is 2.70. The van der Waals surface area contributed by atoms with Gasteiger partial charge < -0.3 is 9.67 Å². The van der Waals surface area contributed by atoms with Crippen molar-refractivity contribution >= 4 is 0 Å². The maximum atomic E-state index is 13.5. The van der Waals surface area contributed by atoms with Crippen molar-refractivity contribution in [2.45, 2.75) is 18.6 Å². The summed E-state index contributed by atoms with van der Waals surface area (Å²) in [5, 5.41) is 10.2. The Hall–Kier alpha value is -1.75. The van der Waals surface area contributed by atoms with Crippen LogP contribution in [0.3, 0.4) is 0 Å². The molecule has 4 rings (SSSR count). The van der Waals surface area contributed by atoms with E-state index in [0.717, 1.165) is 16.8 Å². The molecule has 1 aliphatic heterocycles. The zero-order valence-electron chi connectivity index (χ0n) is 11.4. The second kappa shape index (κ2) is 4.37. The summed E-state index contributed by atoms with van der Waals surface area (Å²) < 4.78 is 28.9. The average Bonchev–Trinajstić information content (AvgIpc) is 3.08. The highest BCUT2D eigenvalue weighted by molar-refractivity contribution is 5.69. The number of aliphatic hydroxyl groups is 1. The van der Waals surface area contributed by atoms with Gasteiger partial charge in [-0.05, 0) is 12.0 Å². The Morgan fingerprint density at radius 3 is 2.76 bits per heavy atom. The van der Waals surface area contributed by atoms with Crippen LogP contribution in [-0.2, 0) is 0 Å². The van der Waals surface area contributed by atoms with Crippen molar-refractivity contribution in [1.29, 1.82) is 0 Å². The molecule has 3 nitrogen and oxygen atoms in total. The van der Waals surface area contributed by atoms with Crippen LogP contribution < -0.4 is 0 Å². The van der Waals surface area contributed by atoms with Crippen molar-refractivity contribution in [3.05, 3.63) is 42.4 Å². The number of fused-ring (bicyclic) bond motifs is 3. The largest absolute Gasteiger partial charge is 0.393 e. The van der Waals surface area contributed by atoms with Gasteiger partial charge in [0.25, 0.3) is 0 Å². The molecule has 1 aromatic heterocycles. The summed E-state index contributed by atoms with van der Waals surface area (Å²) in [6.07, 6.45) is 2.96. The van der Waals surface area contributed by atoms with Crippen molar-refractivity contribution in [1.82, 2.24) is 9.55 Å². The first-order valence-corrected chi connectivity index (χ1v) is 7.13. The molecule has 0 spiro atoms. The van der Waals surface area contributed by atoms with Crippen molar-refractivity contribution in [3.63, 3.8) is 0 Å². The van der Waals surface area contributed by atoms with Crippen LogP contribution in [0.2, 0.25) is 0 Å². The fourth-order valence-corrected chi connectivity index (χ4v) is 4.03. The van der Waals surface area contributed by atoms with Gasteiger partial charge in [0.1, 0.15) is 0 Å². The molecule has 2 aromatic rings. The minimum atomic E-state index is -1.07. The van der Waals surface area contributed by atoms with Gasteiger partial charge in [0.15, 0.2) is 0 Å². The summed E-state index contributed by atoms with van der Waals surface area (Å²) >= 11 is 0. The fraction of sp³-hybridized carbons (Fsp3) is 0.438. The van der Waals surface area contributed by atoms with Crippen LogP contribution >= 0.6 is 0 Å². The maximum absolute atomic E-state index is 13.5. The first-order chi connectivity index (χ1) is 10.2. The van der Waals surface area contributed by atoms with Crippen LogP contribution in [0, 0.1) is 11.3 Å². The van der Waals surface area contributed by atoms with Gasteiger partial charge in [-0.1, -0.05) is 24.3 Å². The van der Waals surface area contributed by atoms with Gasteiger partial charge >= 0.3 is 0 Å². The number of rotatable bonds is 3. The highest BCUT2D eigenvalue weighted by atomic mass is 19.1. The number of hydrogen-bond acceptors (Lipinski definition) is 2. The molecule has 1 unspecified atom stereocenters. The van der Waals surface area contributed by atoms with Gasteiger partial charge in [-0.2, -0.15) is 0 Å². The number of imidazole rings is 1. The molecule has 5 heteroatoms. The minimum absolute atomic E-state index is 0.188. The molecular formula is C16H16F2N2O. The summed E-state index contributed by atoms with van der Waals surface area (Å²) in [7, 11) is 0. The Morgan fingerprint density at radius 2 is 2.05 bits per heavy atom. The lowest BCUT2D eigenvalue weighted by atomic mass is 9.56. The smallest absolute Gasteiger partial charge is 0.0981 e. The van der Waals surface area contributed by atoms with Crippen molar-refractivity contribution < 1.29 is 13.9 Å². The van der Waals surface area contributed by atoms with Gasteiger partial charge in [0, 0.05) is 16.9 Å². The summed E-state index contributed by atoms with van der Waals surface area (Å²) in [5.41, 5.74) is 1.93. The van der Waals surface area contributed by atoms with E-state index in [9.17, 15) is 13.9 Å². The van der Waals surface area contributed by atoms with E-state index in [-0.39, 0.29) is 12.5 Å². The second-order valence-electron chi connectivity index (χ2n) is 6.15. The molecule has 0 saturated heterocycles. The lowest BCUT2D eigenvalue weighted by Crippen LogP contribution is -2.57. The minimum Gasteiger partial charge on any atom is -0.393 e. The summed E-state index contributed by atoms with van der Waals surface area (Å²) in [4.78, 5) is 4.15. The van der Waals surface area contributed by atoms with E-state index in [1.807, 2.05) is 28.8 Å². The van der Waals surface area contributed by atoms with Gasteiger partial charge in [-0.3, -0.25) is 8.78 Å². The molecule has 110 valence electrons. The summed E-state index contributed by atoms with van der Waals surface area (Å²) in [5.74, 6) is -0.455. The quantitative estimate of drug-likeness (QED) is 0.944. The van der Waals surface area contributed by atoms with Crippen LogP contribution in [-0.4, -0.2) is 34.1 Å². The molecule has 1 N–H and O–H groups in total. The molecule has 2 aliphatic rings. The zero-order valence-corrected chi connectivity index (χ0v) is 11.4. The molecule has 2 heterocycles. The Morgan fingerprint density at radius 1 is 1.29 bits per heavy atom. The van der Waals surface area contributed by atoms with Gasteiger partial charge in [-0.25, -0.2) is 4.98 Å². The lowest BCUT2D eigenvalue weighted by Gasteiger charge is -2.53. The fourth-order valence-electron chi connectivity index (χ4n) is 4.03. The van der Waals surface area contributed by atoms with Crippen LogP contribution in [0.5, 0.6) is 0 Å².